The summed E-state index contributed by atoms with van der Waals surface area (Å²) in [7, 11) is -4.02. The van der Waals surface area contributed by atoms with E-state index in [-0.39, 0.29) is 23.2 Å². The maximum atomic E-state index is 13.2. The molecule has 0 bridgehead atoms. The van der Waals surface area contributed by atoms with Crippen molar-refractivity contribution >= 4 is 15.7 Å². The Hall–Kier alpha value is -2.25. The number of nitro groups is 1. The van der Waals surface area contributed by atoms with Gasteiger partial charge in [0.15, 0.2) is 4.90 Å². The molecule has 0 atom stereocenters. The molecule has 0 saturated carbocycles. The summed E-state index contributed by atoms with van der Waals surface area (Å²) in [6, 6.07) is 11.6. The minimum Gasteiger partial charge on any atom is -0.258 e. The summed E-state index contributed by atoms with van der Waals surface area (Å²) in [4.78, 5) is 10.5. The van der Waals surface area contributed by atoms with E-state index in [0.717, 1.165) is 5.56 Å². The highest BCUT2D eigenvalue weighted by Crippen LogP contribution is 2.31. The molecular weight excluding hydrogens is 340 g/mol. The first-order chi connectivity index (χ1) is 11.6. The molecule has 0 aliphatic heterocycles. The summed E-state index contributed by atoms with van der Waals surface area (Å²) in [5.41, 5.74) is 1.82. The zero-order chi connectivity index (χ0) is 18.8. The van der Waals surface area contributed by atoms with E-state index in [9.17, 15) is 18.5 Å². The average molecular weight is 362 g/mol. The third kappa shape index (κ3) is 4.05. The molecule has 0 aliphatic carbocycles. The third-order valence-electron chi connectivity index (χ3n) is 4.12. The van der Waals surface area contributed by atoms with Crippen LogP contribution in [0.3, 0.4) is 0 Å². The zero-order valence-corrected chi connectivity index (χ0v) is 15.6. The highest BCUT2D eigenvalue weighted by Gasteiger charge is 2.33. The minimum absolute atomic E-state index is 0.158. The maximum Gasteiger partial charge on any atom is 0.289 e. The monoisotopic (exact) mass is 362 g/mol. The van der Waals surface area contributed by atoms with Crippen LogP contribution in [0.4, 0.5) is 5.69 Å². The Bertz CT molecular complexity index is 877. The van der Waals surface area contributed by atoms with Crippen molar-refractivity contribution in [3.63, 3.8) is 0 Å². The molecule has 2 aromatic carbocycles. The molecule has 0 spiro atoms. The number of aryl methyl sites for hydroxylation is 2. The molecule has 25 heavy (non-hydrogen) atoms. The molecule has 0 fully saturated rings. The summed E-state index contributed by atoms with van der Waals surface area (Å²) < 4.78 is 27.7. The van der Waals surface area contributed by atoms with Crippen molar-refractivity contribution in [3.8, 4) is 0 Å². The van der Waals surface area contributed by atoms with E-state index in [1.54, 1.807) is 27.7 Å². The van der Waals surface area contributed by atoms with Crippen LogP contribution in [0.5, 0.6) is 0 Å². The number of rotatable bonds is 6. The summed E-state index contributed by atoms with van der Waals surface area (Å²) in [6.45, 7) is 7.14. The number of hydrogen-bond donors (Lipinski definition) is 0. The van der Waals surface area contributed by atoms with Crippen molar-refractivity contribution in [3.05, 3.63) is 69.3 Å². The molecule has 0 aliphatic rings. The lowest BCUT2D eigenvalue weighted by molar-refractivity contribution is -0.387. The van der Waals surface area contributed by atoms with Gasteiger partial charge in [-0.15, -0.1) is 0 Å². The van der Waals surface area contributed by atoms with Gasteiger partial charge in [0.1, 0.15) is 0 Å². The number of nitro benzene ring substituents is 1. The topological polar surface area (TPSA) is 80.5 Å². The Morgan fingerprint density at radius 2 is 1.64 bits per heavy atom. The first-order valence-electron chi connectivity index (χ1n) is 7.96. The Balaban J connectivity index is 2.58. The second kappa shape index (κ2) is 7.33. The number of hydrogen-bond acceptors (Lipinski definition) is 4. The van der Waals surface area contributed by atoms with Gasteiger partial charge in [0.05, 0.1) is 4.92 Å². The van der Waals surface area contributed by atoms with Gasteiger partial charge in [0.2, 0.25) is 10.0 Å². The minimum atomic E-state index is -4.02. The van der Waals surface area contributed by atoms with E-state index < -0.39 is 14.9 Å². The van der Waals surface area contributed by atoms with Crippen LogP contribution >= 0.6 is 0 Å². The van der Waals surface area contributed by atoms with Crippen LogP contribution in [-0.2, 0) is 16.6 Å². The van der Waals surface area contributed by atoms with Gasteiger partial charge in [-0.25, -0.2) is 8.42 Å². The van der Waals surface area contributed by atoms with Crippen LogP contribution in [0.25, 0.3) is 0 Å². The highest BCUT2D eigenvalue weighted by atomic mass is 32.2. The van der Waals surface area contributed by atoms with Crippen molar-refractivity contribution in [1.82, 2.24) is 4.31 Å². The molecule has 6 nitrogen and oxygen atoms in total. The first-order valence-corrected chi connectivity index (χ1v) is 9.40. The molecule has 7 heteroatoms. The zero-order valence-electron chi connectivity index (χ0n) is 14.8. The van der Waals surface area contributed by atoms with Crippen LogP contribution in [0.15, 0.2) is 47.4 Å². The molecule has 0 saturated heterocycles. The van der Waals surface area contributed by atoms with Crippen LogP contribution in [-0.4, -0.2) is 23.7 Å². The fraction of sp³-hybridized carbons (Fsp3) is 0.333. The molecule has 0 N–H and O–H groups in total. The molecule has 0 aromatic heterocycles. The highest BCUT2D eigenvalue weighted by molar-refractivity contribution is 7.89. The number of benzene rings is 2. The molecule has 134 valence electrons. The second-order valence-corrected chi connectivity index (χ2v) is 8.15. The summed E-state index contributed by atoms with van der Waals surface area (Å²) in [6.07, 6.45) is 0. The van der Waals surface area contributed by atoms with Gasteiger partial charge in [-0.3, -0.25) is 10.1 Å². The van der Waals surface area contributed by atoms with Crippen molar-refractivity contribution < 1.29 is 13.3 Å². The fourth-order valence-corrected chi connectivity index (χ4v) is 4.41. The predicted molar refractivity (Wildman–Crippen MR) is 96.9 cm³/mol. The molecule has 0 radical (unpaired) electrons. The predicted octanol–water partition coefficient (Wildman–Crippen LogP) is 3.81. The molecule has 2 aromatic rings. The molecule has 2 rings (SSSR count). The molecule has 0 amide bonds. The standard InChI is InChI=1S/C18H22N2O4S/c1-13(2)19(12-16-8-6-5-7-9-16)25(23,24)18-11-15(4)14(3)10-17(18)20(21)22/h5-11,13H,12H2,1-4H3. The van der Waals surface area contributed by atoms with Gasteiger partial charge >= 0.3 is 0 Å². The normalized spacial score (nSPS) is 11.9. The molecule has 0 heterocycles. The Labute approximate surface area is 148 Å². The first kappa shape index (κ1) is 19.1. The van der Waals surface area contributed by atoms with Crippen LogP contribution < -0.4 is 0 Å². The number of nitrogens with zero attached hydrogens (tertiary/aromatic N) is 2. The van der Waals surface area contributed by atoms with Gasteiger partial charge < -0.3 is 0 Å². The van der Waals surface area contributed by atoms with Gasteiger partial charge in [-0.05, 0) is 50.5 Å². The SMILES string of the molecule is Cc1cc([N+](=O)[O-])c(S(=O)(=O)N(Cc2ccccc2)C(C)C)cc1C. The Morgan fingerprint density at radius 3 is 2.16 bits per heavy atom. The Kier molecular flexibility index (Phi) is 5.59. The fourth-order valence-electron chi connectivity index (χ4n) is 2.56. The smallest absolute Gasteiger partial charge is 0.258 e. The summed E-state index contributed by atoms with van der Waals surface area (Å²) >= 11 is 0. The van der Waals surface area contributed by atoms with Gasteiger partial charge in [0, 0.05) is 18.7 Å². The second-order valence-electron chi connectivity index (χ2n) is 6.29. The summed E-state index contributed by atoms with van der Waals surface area (Å²) in [5, 5.41) is 11.4. The average Bonchev–Trinajstić information content (AvgIpc) is 2.55. The van der Waals surface area contributed by atoms with Crippen LogP contribution in [0, 0.1) is 24.0 Å². The quantitative estimate of drug-likeness (QED) is 0.578. The van der Waals surface area contributed by atoms with Crippen molar-refractivity contribution in [1.29, 1.82) is 0 Å². The third-order valence-corrected chi connectivity index (χ3v) is 6.17. The number of sulfonamides is 1. The molecular formula is C18H22N2O4S. The van der Waals surface area contributed by atoms with Crippen molar-refractivity contribution in [2.24, 2.45) is 0 Å². The van der Waals surface area contributed by atoms with E-state index in [4.69, 9.17) is 0 Å². The van der Waals surface area contributed by atoms with E-state index >= 15 is 0 Å². The lowest BCUT2D eigenvalue weighted by Crippen LogP contribution is -2.36. The Morgan fingerprint density at radius 1 is 1.08 bits per heavy atom. The lowest BCUT2D eigenvalue weighted by atomic mass is 10.1. The van der Waals surface area contributed by atoms with E-state index in [1.165, 1.54) is 16.4 Å². The summed E-state index contributed by atoms with van der Waals surface area (Å²) in [5.74, 6) is 0. The van der Waals surface area contributed by atoms with Gasteiger partial charge in [-0.1, -0.05) is 30.3 Å². The van der Waals surface area contributed by atoms with Gasteiger partial charge in [0.25, 0.3) is 5.69 Å². The van der Waals surface area contributed by atoms with Crippen LogP contribution in [0.2, 0.25) is 0 Å². The van der Waals surface area contributed by atoms with Crippen molar-refractivity contribution in [2.45, 2.75) is 45.2 Å². The van der Waals surface area contributed by atoms with E-state index in [1.807, 2.05) is 30.3 Å². The lowest BCUT2D eigenvalue weighted by Gasteiger charge is -2.26. The van der Waals surface area contributed by atoms with Crippen LogP contribution in [0.1, 0.15) is 30.5 Å². The van der Waals surface area contributed by atoms with E-state index in [2.05, 4.69) is 0 Å². The van der Waals surface area contributed by atoms with Gasteiger partial charge in [-0.2, -0.15) is 4.31 Å². The van der Waals surface area contributed by atoms with E-state index in [0.29, 0.717) is 11.1 Å². The largest absolute Gasteiger partial charge is 0.289 e. The maximum absolute atomic E-state index is 13.2. The molecule has 0 unspecified atom stereocenters. The van der Waals surface area contributed by atoms with Crippen molar-refractivity contribution in [2.75, 3.05) is 0 Å².